The molecule has 1 aromatic carbocycles. The second-order valence-electron chi connectivity index (χ2n) is 3.65. The maximum Gasteiger partial charge on any atom is 0.213 e. The predicted octanol–water partition coefficient (Wildman–Crippen LogP) is 2.26. The molecule has 1 heterocycles. The van der Waals surface area contributed by atoms with Gasteiger partial charge in [-0.3, -0.25) is 4.79 Å². The van der Waals surface area contributed by atoms with Gasteiger partial charge >= 0.3 is 0 Å². The zero-order valence-electron chi connectivity index (χ0n) is 9.24. The van der Waals surface area contributed by atoms with Crippen LogP contribution in [0.2, 0.25) is 0 Å². The summed E-state index contributed by atoms with van der Waals surface area (Å²) in [5.74, 6) is -0.573. The van der Waals surface area contributed by atoms with Crippen molar-refractivity contribution < 1.29 is 9.18 Å². The smallest absolute Gasteiger partial charge is 0.213 e. The summed E-state index contributed by atoms with van der Waals surface area (Å²) < 4.78 is 14.9. The van der Waals surface area contributed by atoms with E-state index in [4.69, 9.17) is 0 Å². The first-order valence-corrected chi connectivity index (χ1v) is 5.66. The lowest BCUT2D eigenvalue weighted by Crippen LogP contribution is -2.09. The number of aryl methyl sites for hydroxylation is 2. The van der Waals surface area contributed by atoms with Crippen LogP contribution in [0.25, 0.3) is 0 Å². The molecule has 0 amide bonds. The highest BCUT2D eigenvalue weighted by Gasteiger charge is 2.19. The summed E-state index contributed by atoms with van der Waals surface area (Å²) in [5.41, 5.74) is 1.19. The number of rotatable bonds is 2. The summed E-state index contributed by atoms with van der Waals surface area (Å²) in [7, 11) is 1.63. The Morgan fingerprint density at radius 1 is 1.47 bits per heavy atom. The van der Waals surface area contributed by atoms with Crippen molar-refractivity contribution in [3.05, 3.63) is 45.4 Å². The van der Waals surface area contributed by atoms with Gasteiger partial charge in [-0.05, 0) is 46.6 Å². The first kappa shape index (κ1) is 11.9. The van der Waals surface area contributed by atoms with E-state index in [0.29, 0.717) is 21.4 Å². The van der Waals surface area contributed by atoms with Crippen LogP contribution in [0.15, 0.2) is 22.8 Å². The number of nitrogens with zero attached hydrogens (tertiary/aromatic N) is 3. The fraction of sp³-hybridized carbons (Fsp3) is 0.182. The molecular formula is C11H9BrFN3O. The number of carbonyl (C=O) groups excluding carboxylic acids is 1. The van der Waals surface area contributed by atoms with E-state index in [1.165, 1.54) is 22.9 Å². The molecule has 0 unspecified atom stereocenters. The van der Waals surface area contributed by atoms with Gasteiger partial charge in [0.15, 0.2) is 4.60 Å². The standard InChI is InChI=1S/C11H9BrFN3O/c1-6-5-7(3-4-8(6)13)10(17)9-11(12)14-15-16(9)2/h3-5H,1-2H3. The SMILES string of the molecule is Cc1cc(C(=O)c2c(Br)nnn2C)ccc1F. The zero-order chi connectivity index (χ0) is 12.6. The van der Waals surface area contributed by atoms with Crippen LogP contribution in [0.5, 0.6) is 0 Å². The minimum absolute atomic E-state index is 0.243. The highest BCUT2D eigenvalue weighted by atomic mass is 79.9. The normalized spacial score (nSPS) is 10.6. The molecule has 0 atom stereocenters. The molecule has 0 bridgehead atoms. The monoisotopic (exact) mass is 297 g/mol. The summed E-state index contributed by atoms with van der Waals surface area (Å²) >= 11 is 3.16. The van der Waals surface area contributed by atoms with Crippen LogP contribution >= 0.6 is 15.9 Å². The summed E-state index contributed by atoms with van der Waals surface area (Å²) in [5, 5.41) is 7.47. The van der Waals surface area contributed by atoms with Gasteiger partial charge < -0.3 is 0 Å². The highest BCUT2D eigenvalue weighted by molar-refractivity contribution is 9.10. The Kier molecular flexibility index (Phi) is 3.06. The number of halogens is 2. The van der Waals surface area contributed by atoms with Crippen molar-refractivity contribution in [3.8, 4) is 0 Å². The molecule has 0 N–H and O–H groups in total. The van der Waals surface area contributed by atoms with E-state index in [9.17, 15) is 9.18 Å². The Labute approximate surface area is 106 Å². The van der Waals surface area contributed by atoms with Crippen LogP contribution in [0.4, 0.5) is 4.39 Å². The molecular weight excluding hydrogens is 289 g/mol. The van der Waals surface area contributed by atoms with E-state index in [2.05, 4.69) is 26.2 Å². The van der Waals surface area contributed by atoms with Crippen molar-refractivity contribution in [2.24, 2.45) is 7.05 Å². The Morgan fingerprint density at radius 3 is 2.71 bits per heavy atom. The summed E-state index contributed by atoms with van der Waals surface area (Å²) in [6.07, 6.45) is 0. The third-order valence-electron chi connectivity index (χ3n) is 2.42. The zero-order valence-corrected chi connectivity index (χ0v) is 10.8. The van der Waals surface area contributed by atoms with Gasteiger partial charge in [-0.2, -0.15) is 0 Å². The van der Waals surface area contributed by atoms with E-state index < -0.39 is 0 Å². The molecule has 2 aromatic rings. The maximum absolute atomic E-state index is 13.1. The first-order valence-electron chi connectivity index (χ1n) is 4.86. The third kappa shape index (κ3) is 2.12. The number of ketones is 1. The van der Waals surface area contributed by atoms with Crippen LogP contribution in [0.3, 0.4) is 0 Å². The first-order chi connectivity index (χ1) is 8.00. The van der Waals surface area contributed by atoms with E-state index >= 15 is 0 Å². The Bertz CT molecular complexity index is 575. The predicted molar refractivity (Wildman–Crippen MR) is 63.3 cm³/mol. The third-order valence-corrected chi connectivity index (χ3v) is 2.96. The van der Waals surface area contributed by atoms with Gasteiger partial charge in [-0.15, -0.1) is 5.10 Å². The van der Waals surface area contributed by atoms with E-state index in [-0.39, 0.29) is 11.6 Å². The van der Waals surface area contributed by atoms with Crippen LogP contribution in [0, 0.1) is 12.7 Å². The highest BCUT2D eigenvalue weighted by Crippen LogP contribution is 2.18. The molecule has 0 saturated heterocycles. The van der Waals surface area contributed by atoms with Crippen LogP contribution < -0.4 is 0 Å². The molecule has 88 valence electrons. The summed E-state index contributed by atoms with van der Waals surface area (Å²) in [4.78, 5) is 12.2. The number of carbonyl (C=O) groups is 1. The molecule has 0 aliphatic rings. The van der Waals surface area contributed by atoms with Crippen molar-refractivity contribution in [3.63, 3.8) is 0 Å². The minimum atomic E-state index is -0.330. The van der Waals surface area contributed by atoms with Crippen molar-refractivity contribution in [2.45, 2.75) is 6.92 Å². The molecule has 0 radical (unpaired) electrons. The van der Waals surface area contributed by atoms with Gasteiger partial charge in [-0.1, -0.05) is 5.21 Å². The van der Waals surface area contributed by atoms with E-state index in [0.717, 1.165) is 0 Å². The lowest BCUT2D eigenvalue weighted by molar-refractivity contribution is 0.102. The number of benzene rings is 1. The lowest BCUT2D eigenvalue weighted by atomic mass is 10.1. The molecule has 4 nitrogen and oxygen atoms in total. The van der Waals surface area contributed by atoms with Crippen LogP contribution in [-0.2, 0) is 7.05 Å². The number of hydrogen-bond acceptors (Lipinski definition) is 3. The Morgan fingerprint density at radius 2 is 2.18 bits per heavy atom. The fourth-order valence-corrected chi connectivity index (χ4v) is 2.00. The molecule has 0 aliphatic heterocycles. The largest absolute Gasteiger partial charge is 0.287 e. The molecule has 1 aromatic heterocycles. The average Bonchev–Trinajstić information content (AvgIpc) is 2.62. The average molecular weight is 298 g/mol. The summed E-state index contributed by atoms with van der Waals surface area (Å²) in [6.45, 7) is 1.61. The number of aromatic nitrogens is 3. The van der Waals surface area contributed by atoms with Gasteiger partial charge in [0.2, 0.25) is 5.78 Å². The van der Waals surface area contributed by atoms with Crippen LogP contribution in [0.1, 0.15) is 21.6 Å². The maximum atomic E-state index is 13.1. The molecule has 0 spiro atoms. The second-order valence-corrected chi connectivity index (χ2v) is 4.40. The summed E-state index contributed by atoms with van der Waals surface area (Å²) in [6, 6.07) is 4.24. The number of hydrogen-bond donors (Lipinski definition) is 0. The topological polar surface area (TPSA) is 47.8 Å². The van der Waals surface area contributed by atoms with Crippen LogP contribution in [-0.4, -0.2) is 20.8 Å². The lowest BCUT2D eigenvalue weighted by Gasteiger charge is -2.03. The van der Waals surface area contributed by atoms with Gasteiger partial charge in [0.1, 0.15) is 11.5 Å². The molecule has 2 rings (SSSR count). The van der Waals surface area contributed by atoms with Gasteiger partial charge in [0, 0.05) is 12.6 Å². The van der Waals surface area contributed by atoms with Gasteiger partial charge in [0.25, 0.3) is 0 Å². The van der Waals surface area contributed by atoms with Crippen molar-refractivity contribution in [1.29, 1.82) is 0 Å². The van der Waals surface area contributed by atoms with Crippen molar-refractivity contribution >= 4 is 21.7 Å². The Balaban J connectivity index is 2.48. The van der Waals surface area contributed by atoms with Gasteiger partial charge in [-0.25, -0.2) is 9.07 Å². The van der Waals surface area contributed by atoms with Crippen molar-refractivity contribution in [1.82, 2.24) is 15.0 Å². The quantitative estimate of drug-likeness (QED) is 0.799. The molecule has 0 aliphatic carbocycles. The molecule has 17 heavy (non-hydrogen) atoms. The van der Waals surface area contributed by atoms with Gasteiger partial charge in [0.05, 0.1) is 0 Å². The molecule has 6 heteroatoms. The van der Waals surface area contributed by atoms with E-state index in [1.54, 1.807) is 14.0 Å². The molecule has 0 fully saturated rings. The molecule has 0 saturated carbocycles. The fourth-order valence-electron chi connectivity index (χ4n) is 1.50. The Hall–Kier alpha value is -1.56. The van der Waals surface area contributed by atoms with Crippen molar-refractivity contribution in [2.75, 3.05) is 0 Å². The minimum Gasteiger partial charge on any atom is -0.287 e. The second kappa shape index (κ2) is 4.37. The van der Waals surface area contributed by atoms with E-state index in [1.807, 2.05) is 0 Å².